The zero-order chi connectivity index (χ0) is 19.1. The van der Waals surface area contributed by atoms with Gasteiger partial charge in [0.2, 0.25) is 12.7 Å². The topological polar surface area (TPSA) is 86.9 Å². The van der Waals surface area contributed by atoms with Crippen LogP contribution >= 0.6 is 0 Å². The first-order valence-electron chi connectivity index (χ1n) is 8.89. The van der Waals surface area contributed by atoms with E-state index in [-0.39, 0.29) is 18.6 Å². The van der Waals surface area contributed by atoms with E-state index in [2.05, 4.69) is 10.1 Å². The van der Waals surface area contributed by atoms with Gasteiger partial charge in [0.05, 0.1) is 7.11 Å². The first-order chi connectivity index (χ1) is 13.7. The Labute approximate surface area is 160 Å². The Bertz CT molecular complexity index is 1030. The maximum absolute atomic E-state index is 12.6. The Morgan fingerprint density at radius 3 is 2.75 bits per heavy atom. The maximum Gasteiger partial charge on any atom is 0.257 e. The van der Waals surface area contributed by atoms with Crippen molar-refractivity contribution in [2.75, 3.05) is 25.3 Å². The van der Waals surface area contributed by atoms with E-state index in [1.165, 1.54) is 0 Å². The first kappa shape index (κ1) is 16.6. The summed E-state index contributed by atoms with van der Waals surface area (Å²) < 4.78 is 21.3. The number of rotatable bonds is 4. The number of carbonyl (C=O) groups excluding carboxylic acids is 1. The molecule has 1 aromatic heterocycles. The van der Waals surface area contributed by atoms with Gasteiger partial charge in [-0.2, -0.15) is 4.98 Å². The predicted octanol–water partition coefficient (Wildman–Crippen LogP) is 2.99. The summed E-state index contributed by atoms with van der Waals surface area (Å²) in [5.41, 5.74) is 1.58. The number of benzene rings is 2. The quantitative estimate of drug-likeness (QED) is 0.689. The molecule has 0 radical (unpaired) electrons. The summed E-state index contributed by atoms with van der Waals surface area (Å²) in [6.07, 6.45) is 0.329. The number of methoxy groups -OCH3 is 1. The van der Waals surface area contributed by atoms with Gasteiger partial charge in [-0.05, 0) is 36.4 Å². The summed E-state index contributed by atoms with van der Waals surface area (Å²) in [5.74, 6) is 2.93. The van der Waals surface area contributed by atoms with Crippen LogP contribution in [0, 0.1) is 0 Å². The third-order valence-corrected chi connectivity index (χ3v) is 4.94. The van der Waals surface area contributed by atoms with E-state index in [0.29, 0.717) is 36.2 Å². The molecule has 142 valence electrons. The lowest BCUT2D eigenvalue weighted by Crippen LogP contribution is -2.24. The molecule has 1 fully saturated rings. The summed E-state index contributed by atoms with van der Waals surface area (Å²) in [4.78, 5) is 18.8. The molecule has 3 heterocycles. The number of hydrogen-bond donors (Lipinski definition) is 0. The fourth-order valence-electron chi connectivity index (χ4n) is 3.43. The van der Waals surface area contributed by atoms with Crippen LogP contribution in [-0.2, 0) is 4.79 Å². The highest BCUT2D eigenvalue weighted by Crippen LogP contribution is 2.38. The fraction of sp³-hybridized carbons (Fsp3) is 0.250. The second-order valence-electron chi connectivity index (χ2n) is 6.63. The molecule has 1 amide bonds. The van der Waals surface area contributed by atoms with Crippen LogP contribution in [0.4, 0.5) is 5.69 Å². The van der Waals surface area contributed by atoms with Gasteiger partial charge < -0.3 is 23.6 Å². The van der Waals surface area contributed by atoms with Gasteiger partial charge in [0, 0.05) is 36.2 Å². The zero-order valence-electron chi connectivity index (χ0n) is 15.1. The van der Waals surface area contributed by atoms with Gasteiger partial charge in [-0.3, -0.25) is 4.79 Å². The van der Waals surface area contributed by atoms with Gasteiger partial charge in [-0.25, -0.2) is 0 Å². The molecular weight excluding hydrogens is 362 g/mol. The Morgan fingerprint density at radius 1 is 1.11 bits per heavy atom. The monoisotopic (exact) mass is 379 g/mol. The number of hydrogen-bond acceptors (Lipinski definition) is 7. The average Bonchev–Trinajstić information content (AvgIpc) is 3.46. The van der Waals surface area contributed by atoms with Crippen molar-refractivity contribution >= 4 is 11.6 Å². The van der Waals surface area contributed by atoms with Gasteiger partial charge in [0.15, 0.2) is 17.3 Å². The molecule has 5 rings (SSSR count). The average molecular weight is 379 g/mol. The zero-order valence-corrected chi connectivity index (χ0v) is 15.1. The molecule has 0 saturated carbocycles. The summed E-state index contributed by atoms with van der Waals surface area (Å²) in [7, 11) is 1.61. The van der Waals surface area contributed by atoms with E-state index in [1.54, 1.807) is 12.0 Å². The highest BCUT2D eigenvalue weighted by molar-refractivity contribution is 5.96. The molecule has 1 unspecified atom stereocenters. The second kappa shape index (κ2) is 6.56. The summed E-state index contributed by atoms with van der Waals surface area (Å²) >= 11 is 0. The number of carbonyl (C=O) groups is 1. The molecule has 2 aliphatic rings. The molecule has 0 bridgehead atoms. The Balaban J connectivity index is 1.35. The third-order valence-electron chi connectivity index (χ3n) is 4.94. The smallest absolute Gasteiger partial charge is 0.257 e. The molecule has 1 atom stereocenters. The molecule has 3 aromatic rings. The van der Waals surface area contributed by atoms with E-state index in [9.17, 15) is 4.79 Å². The molecule has 1 saturated heterocycles. The lowest BCUT2D eigenvalue weighted by Gasteiger charge is -2.16. The van der Waals surface area contributed by atoms with Crippen molar-refractivity contribution in [3.05, 3.63) is 48.3 Å². The van der Waals surface area contributed by atoms with Crippen molar-refractivity contribution in [3.63, 3.8) is 0 Å². The first-order valence-corrected chi connectivity index (χ1v) is 8.89. The van der Waals surface area contributed by atoms with E-state index >= 15 is 0 Å². The van der Waals surface area contributed by atoms with Crippen molar-refractivity contribution in [3.8, 4) is 28.7 Å². The second-order valence-corrected chi connectivity index (χ2v) is 6.63. The number of aromatic nitrogens is 2. The molecule has 0 spiro atoms. The molecule has 0 aliphatic carbocycles. The highest BCUT2D eigenvalue weighted by Gasteiger charge is 2.35. The number of fused-ring (bicyclic) bond motifs is 1. The minimum Gasteiger partial charge on any atom is -0.497 e. The summed E-state index contributed by atoms with van der Waals surface area (Å²) in [6, 6.07) is 12.9. The van der Waals surface area contributed by atoms with Crippen molar-refractivity contribution in [2.24, 2.45) is 0 Å². The van der Waals surface area contributed by atoms with Crippen LogP contribution in [0.25, 0.3) is 11.5 Å². The van der Waals surface area contributed by atoms with E-state index in [1.807, 2.05) is 42.5 Å². The highest BCUT2D eigenvalue weighted by atomic mass is 16.7. The fourth-order valence-corrected chi connectivity index (χ4v) is 3.43. The van der Waals surface area contributed by atoms with E-state index in [4.69, 9.17) is 18.7 Å². The van der Waals surface area contributed by atoms with Crippen molar-refractivity contribution in [1.29, 1.82) is 0 Å². The number of nitrogens with zero attached hydrogens (tertiary/aromatic N) is 3. The lowest BCUT2D eigenvalue weighted by atomic mass is 10.1. The van der Waals surface area contributed by atoms with Crippen LogP contribution in [0.3, 0.4) is 0 Å². The molecule has 8 heteroatoms. The third kappa shape index (κ3) is 2.83. The molecule has 28 heavy (non-hydrogen) atoms. The summed E-state index contributed by atoms with van der Waals surface area (Å²) in [6.45, 7) is 0.687. The molecule has 2 aliphatic heterocycles. The van der Waals surface area contributed by atoms with Gasteiger partial charge in [-0.1, -0.05) is 5.16 Å². The Hall–Kier alpha value is -3.55. The predicted molar refractivity (Wildman–Crippen MR) is 98.6 cm³/mol. The number of ether oxygens (including phenoxy) is 3. The van der Waals surface area contributed by atoms with Gasteiger partial charge in [-0.15, -0.1) is 0 Å². The Kier molecular flexibility index (Phi) is 3.89. The van der Waals surface area contributed by atoms with Crippen LogP contribution in [-0.4, -0.2) is 36.5 Å². The largest absolute Gasteiger partial charge is 0.497 e. The van der Waals surface area contributed by atoms with Crippen LogP contribution in [0.15, 0.2) is 47.0 Å². The molecule has 8 nitrogen and oxygen atoms in total. The SMILES string of the molecule is COc1ccc(-c2nc(C3CC(=O)N(c4ccc5c(c4)OCO5)C3)no2)cc1. The van der Waals surface area contributed by atoms with Crippen LogP contribution in [0.5, 0.6) is 17.2 Å². The lowest BCUT2D eigenvalue weighted by molar-refractivity contribution is -0.117. The normalized spacial score (nSPS) is 18.0. The van der Waals surface area contributed by atoms with Gasteiger partial charge >= 0.3 is 0 Å². The Morgan fingerprint density at radius 2 is 1.93 bits per heavy atom. The molecule has 0 N–H and O–H groups in total. The van der Waals surface area contributed by atoms with Gasteiger partial charge in [0.1, 0.15) is 5.75 Å². The maximum atomic E-state index is 12.6. The molecule has 2 aromatic carbocycles. The van der Waals surface area contributed by atoms with Crippen LogP contribution in [0.2, 0.25) is 0 Å². The standard InChI is InChI=1S/C20H17N3O5/c1-25-15-5-2-12(3-6-15)20-21-19(22-28-20)13-8-18(24)23(10-13)14-4-7-16-17(9-14)27-11-26-16/h2-7,9,13H,8,10-11H2,1H3. The van der Waals surface area contributed by atoms with Crippen LogP contribution < -0.4 is 19.1 Å². The number of anilines is 1. The summed E-state index contributed by atoms with van der Waals surface area (Å²) in [5, 5.41) is 4.10. The number of amides is 1. The van der Waals surface area contributed by atoms with Crippen molar-refractivity contribution in [2.45, 2.75) is 12.3 Å². The minimum atomic E-state index is -0.131. The van der Waals surface area contributed by atoms with Crippen molar-refractivity contribution in [1.82, 2.24) is 10.1 Å². The van der Waals surface area contributed by atoms with E-state index < -0.39 is 0 Å². The van der Waals surface area contributed by atoms with Crippen LogP contribution in [0.1, 0.15) is 18.2 Å². The molecular formula is C20H17N3O5. The van der Waals surface area contributed by atoms with Crippen molar-refractivity contribution < 1.29 is 23.5 Å². The van der Waals surface area contributed by atoms with Gasteiger partial charge in [0.25, 0.3) is 5.89 Å². The minimum absolute atomic E-state index is 0.0136. The van der Waals surface area contributed by atoms with E-state index in [0.717, 1.165) is 17.0 Å².